The Morgan fingerprint density at radius 3 is 1.62 bits per heavy atom. The Bertz CT molecular complexity index is 278. The van der Waals surface area contributed by atoms with Crippen LogP contribution >= 0.6 is 0 Å². The number of unbranched alkanes of at least 4 members (excludes halogenated alkanes) is 10. The van der Waals surface area contributed by atoms with Crippen molar-refractivity contribution in [3.05, 3.63) is 26.0 Å². The molecule has 0 N–H and O–H groups in total. The summed E-state index contributed by atoms with van der Waals surface area (Å²) in [5, 5.41) is 0. The second kappa shape index (κ2) is 21.0. The van der Waals surface area contributed by atoms with Gasteiger partial charge in [0.2, 0.25) is 0 Å². The lowest BCUT2D eigenvalue weighted by Crippen LogP contribution is -1.94. The second-order valence-electron chi connectivity index (χ2n) is 8.66. The van der Waals surface area contributed by atoms with Crippen molar-refractivity contribution in [1.82, 2.24) is 0 Å². The molecule has 0 spiro atoms. The number of allylic oxidation sites excluding steroid dienone is 2. The molecular weight excluding hydrogens is 312 g/mol. The van der Waals surface area contributed by atoms with Crippen LogP contribution in [0.2, 0.25) is 0 Å². The van der Waals surface area contributed by atoms with E-state index in [1.54, 1.807) is 0 Å². The molecule has 154 valence electrons. The van der Waals surface area contributed by atoms with Gasteiger partial charge in [0.1, 0.15) is 0 Å². The highest BCUT2D eigenvalue weighted by Gasteiger charge is 2.01. The summed E-state index contributed by atoms with van der Waals surface area (Å²) in [7, 11) is 0. The fourth-order valence-corrected chi connectivity index (χ4v) is 3.74. The largest absolute Gasteiger partial charge is 0.0885 e. The minimum atomic E-state index is 0.846. The van der Waals surface area contributed by atoms with Gasteiger partial charge in [-0.3, -0.25) is 0 Å². The van der Waals surface area contributed by atoms with E-state index >= 15 is 0 Å². The topological polar surface area (TPSA) is 0 Å². The smallest absolute Gasteiger partial charge is 0.0348 e. The Morgan fingerprint density at radius 2 is 1.00 bits per heavy atom. The SMILES string of the molecule is [CH2]CCCCC(C)CCCCCCCCCCC=CCCC(C)CC[CH2]. The lowest BCUT2D eigenvalue weighted by Gasteiger charge is -2.10. The average Bonchev–Trinajstić information content (AvgIpc) is 2.62. The van der Waals surface area contributed by atoms with Crippen molar-refractivity contribution in [1.29, 1.82) is 0 Å². The Balaban J connectivity index is 3.19. The van der Waals surface area contributed by atoms with Gasteiger partial charge >= 0.3 is 0 Å². The molecule has 2 radical (unpaired) electrons. The molecular formula is C26H50. The molecule has 0 heteroatoms. The summed E-state index contributed by atoms with van der Waals surface area (Å²) < 4.78 is 0. The Morgan fingerprint density at radius 1 is 0.500 bits per heavy atom. The molecule has 0 bridgehead atoms. The lowest BCUT2D eigenvalue weighted by atomic mass is 9.96. The van der Waals surface area contributed by atoms with Crippen molar-refractivity contribution in [2.24, 2.45) is 11.8 Å². The highest BCUT2D eigenvalue weighted by Crippen LogP contribution is 2.18. The third-order valence-corrected chi connectivity index (χ3v) is 5.70. The summed E-state index contributed by atoms with van der Waals surface area (Å²) in [6, 6.07) is 0. The number of hydrogen-bond acceptors (Lipinski definition) is 0. The quantitative estimate of drug-likeness (QED) is 0.149. The second-order valence-corrected chi connectivity index (χ2v) is 8.66. The van der Waals surface area contributed by atoms with Crippen LogP contribution in [0.4, 0.5) is 0 Å². The van der Waals surface area contributed by atoms with Crippen molar-refractivity contribution in [2.75, 3.05) is 0 Å². The van der Waals surface area contributed by atoms with Crippen LogP contribution in [-0.4, -0.2) is 0 Å². The summed E-state index contributed by atoms with van der Waals surface area (Å²) >= 11 is 0. The molecule has 2 atom stereocenters. The molecule has 0 saturated carbocycles. The Kier molecular flexibility index (Phi) is 20.8. The third kappa shape index (κ3) is 20.1. The van der Waals surface area contributed by atoms with E-state index in [1.807, 2.05) is 0 Å². The van der Waals surface area contributed by atoms with E-state index in [0.717, 1.165) is 24.7 Å². The highest BCUT2D eigenvalue weighted by atomic mass is 14.1. The molecule has 0 aliphatic heterocycles. The Hall–Kier alpha value is -0.260. The van der Waals surface area contributed by atoms with Gasteiger partial charge in [-0.15, -0.1) is 0 Å². The van der Waals surface area contributed by atoms with Crippen LogP contribution in [0.1, 0.15) is 129 Å². The first-order chi connectivity index (χ1) is 12.7. The molecule has 0 aromatic carbocycles. The van der Waals surface area contributed by atoms with Crippen LogP contribution in [0.15, 0.2) is 12.2 Å². The standard InChI is InChI=1S/C26H50/c1-5-7-18-22-26(4)24-20-17-15-13-11-9-8-10-12-14-16-19-23-25(3)21-6-2/h14,16,25-26H,1-2,5-13,15,17-24H2,3-4H3. The zero-order chi connectivity index (χ0) is 19.3. The van der Waals surface area contributed by atoms with Crippen molar-refractivity contribution in [2.45, 2.75) is 129 Å². The van der Waals surface area contributed by atoms with Crippen LogP contribution < -0.4 is 0 Å². The number of rotatable bonds is 20. The van der Waals surface area contributed by atoms with Gasteiger partial charge in [0.25, 0.3) is 0 Å². The maximum Gasteiger partial charge on any atom is -0.0348 e. The van der Waals surface area contributed by atoms with Gasteiger partial charge in [-0.2, -0.15) is 0 Å². The van der Waals surface area contributed by atoms with Gasteiger partial charge < -0.3 is 0 Å². The summed E-state index contributed by atoms with van der Waals surface area (Å²) in [6.07, 6.45) is 29.2. The van der Waals surface area contributed by atoms with Crippen molar-refractivity contribution < 1.29 is 0 Å². The maximum atomic E-state index is 3.94. The van der Waals surface area contributed by atoms with Crippen molar-refractivity contribution in [3.63, 3.8) is 0 Å². The van der Waals surface area contributed by atoms with E-state index in [1.165, 1.54) is 103 Å². The molecule has 26 heavy (non-hydrogen) atoms. The van der Waals surface area contributed by atoms with Gasteiger partial charge in [-0.1, -0.05) is 130 Å². The molecule has 0 saturated heterocycles. The normalized spacial score (nSPS) is 14.2. The van der Waals surface area contributed by atoms with Crippen molar-refractivity contribution in [3.8, 4) is 0 Å². The zero-order valence-corrected chi connectivity index (χ0v) is 18.5. The molecule has 0 aliphatic carbocycles. The fourth-order valence-electron chi connectivity index (χ4n) is 3.74. The van der Waals surface area contributed by atoms with Crippen LogP contribution in [0.25, 0.3) is 0 Å². The predicted molar refractivity (Wildman–Crippen MR) is 121 cm³/mol. The number of hydrogen-bond donors (Lipinski definition) is 0. The first-order valence-electron chi connectivity index (χ1n) is 11.9. The van der Waals surface area contributed by atoms with Gasteiger partial charge in [-0.05, 0) is 37.5 Å². The molecule has 0 heterocycles. The lowest BCUT2D eigenvalue weighted by molar-refractivity contribution is 0.437. The Labute approximate surface area is 167 Å². The van der Waals surface area contributed by atoms with E-state index in [-0.39, 0.29) is 0 Å². The predicted octanol–water partition coefficient (Wildman–Crippen LogP) is 9.50. The van der Waals surface area contributed by atoms with Gasteiger partial charge in [0, 0.05) is 0 Å². The average molecular weight is 363 g/mol. The van der Waals surface area contributed by atoms with E-state index < -0.39 is 0 Å². The monoisotopic (exact) mass is 362 g/mol. The van der Waals surface area contributed by atoms with Crippen LogP contribution in [0.3, 0.4) is 0 Å². The molecule has 0 fully saturated rings. The minimum Gasteiger partial charge on any atom is -0.0885 e. The maximum absolute atomic E-state index is 3.94. The van der Waals surface area contributed by atoms with Gasteiger partial charge in [0.05, 0.1) is 0 Å². The van der Waals surface area contributed by atoms with E-state index in [4.69, 9.17) is 0 Å². The van der Waals surface area contributed by atoms with Crippen LogP contribution in [0, 0.1) is 25.7 Å². The summed E-state index contributed by atoms with van der Waals surface area (Å²) in [6.45, 7) is 12.7. The van der Waals surface area contributed by atoms with Crippen LogP contribution in [0.5, 0.6) is 0 Å². The zero-order valence-electron chi connectivity index (χ0n) is 18.5. The first kappa shape index (κ1) is 25.7. The fraction of sp³-hybridized carbons (Fsp3) is 0.846. The van der Waals surface area contributed by atoms with Crippen molar-refractivity contribution >= 4 is 0 Å². The molecule has 0 amide bonds. The molecule has 0 aliphatic rings. The molecule has 0 nitrogen and oxygen atoms in total. The minimum absolute atomic E-state index is 0.846. The summed E-state index contributed by atoms with van der Waals surface area (Å²) in [5.74, 6) is 1.78. The van der Waals surface area contributed by atoms with E-state index in [0.29, 0.717) is 0 Å². The van der Waals surface area contributed by atoms with E-state index in [9.17, 15) is 0 Å². The van der Waals surface area contributed by atoms with Gasteiger partial charge in [-0.25, -0.2) is 0 Å². The molecule has 0 aromatic heterocycles. The molecule has 2 unspecified atom stereocenters. The summed E-state index contributed by atoms with van der Waals surface area (Å²) in [5.41, 5.74) is 0. The third-order valence-electron chi connectivity index (χ3n) is 5.70. The highest BCUT2D eigenvalue weighted by molar-refractivity contribution is 4.82. The van der Waals surface area contributed by atoms with E-state index in [2.05, 4.69) is 39.8 Å². The van der Waals surface area contributed by atoms with Crippen LogP contribution in [-0.2, 0) is 0 Å². The first-order valence-corrected chi connectivity index (χ1v) is 11.9. The van der Waals surface area contributed by atoms with Gasteiger partial charge in [0.15, 0.2) is 0 Å². The molecule has 0 aromatic rings. The molecule has 0 rings (SSSR count). The summed E-state index contributed by atoms with van der Waals surface area (Å²) in [4.78, 5) is 0.